The van der Waals surface area contributed by atoms with Crippen molar-refractivity contribution in [2.24, 2.45) is 0 Å². The van der Waals surface area contributed by atoms with Crippen LogP contribution >= 0.6 is 0 Å². The van der Waals surface area contributed by atoms with E-state index in [0.717, 1.165) is 11.1 Å². The lowest BCUT2D eigenvalue weighted by Crippen LogP contribution is -1.97. The fraction of sp³-hybridized carbons (Fsp3) is 0.0667. The molecule has 0 spiro atoms. The smallest absolute Gasteiger partial charge is 0.174 e. The Balaban J connectivity index is 1.84. The topological polar surface area (TPSA) is 25.0 Å². The summed E-state index contributed by atoms with van der Waals surface area (Å²) in [5.41, 5.74) is 1.80. The Kier molecular flexibility index (Phi) is 2.73. The average Bonchev–Trinajstić information content (AvgIpc) is 2.88. The monoisotopic (exact) mass is 241 g/mol. The molecule has 0 radical (unpaired) electrons. The largest absolute Gasteiger partial charge is 0.486 e. The molecular weight excluding hydrogens is 229 g/mol. The molecule has 3 aromatic rings. The first kappa shape index (κ1) is 10.8. The standard InChI is InChI=1S/C15H12FNO/c16-15-12-8-9-17-13(12)6-7-14(15)18-10-11-4-2-1-3-5-11/h1-9,17H,10H2. The third-order valence-corrected chi connectivity index (χ3v) is 2.87. The van der Waals surface area contributed by atoms with Gasteiger partial charge in [-0.25, -0.2) is 4.39 Å². The molecule has 2 aromatic carbocycles. The van der Waals surface area contributed by atoms with Gasteiger partial charge in [0.25, 0.3) is 0 Å². The predicted molar refractivity (Wildman–Crippen MR) is 69.0 cm³/mol. The van der Waals surface area contributed by atoms with Crippen LogP contribution in [-0.4, -0.2) is 4.98 Å². The van der Waals surface area contributed by atoms with Gasteiger partial charge in [-0.05, 0) is 23.8 Å². The summed E-state index contributed by atoms with van der Waals surface area (Å²) in [6.45, 7) is 0.369. The number of rotatable bonds is 3. The first-order valence-electron chi connectivity index (χ1n) is 5.77. The molecule has 0 fully saturated rings. The number of benzene rings is 2. The van der Waals surface area contributed by atoms with Gasteiger partial charge in [0.15, 0.2) is 11.6 Å². The molecule has 90 valence electrons. The van der Waals surface area contributed by atoms with Crippen molar-refractivity contribution in [3.05, 3.63) is 66.1 Å². The Bertz CT molecular complexity index is 661. The zero-order valence-electron chi connectivity index (χ0n) is 9.69. The summed E-state index contributed by atoms with van der Waals surface area (Å²) in [6.07, 6.45) is 1.72. The number of H-pyrrole nitrogens is 1. The lowest BCUT2D eigenvalue weighted by molar-refractivity contribution is 0.291. The summed E-state index contributed by atoms with van der Waals surface area (Å²) in [6, 6.07) is 14.9. The maximum absolute atomic E-state index is 14.1. The van der Waals surface area contributed by atoms with E-state index in [1.807, 2.05) is 36.4 Å². The average molecular weight is 241 g/mol. The van der Waals surface area contributed by atoms with Gasteiger partial charge in [-0.3, -0.25) is 0 Å². The minimum atomic E-state index is -0.315. The van der Waals surface area contributed by atoms with Gasteiger partial charge >= 0.3 is 0 Å². The van der Waals surface area contributed by atoms with Crippen molar-refractivity contribution in [1.29, 1.82) is 0 Å². The molecule has 0 amide bonds. The molecule has 1 N–H and O–H groups in total. The van der Waals surface area contributed by atoms with E-state index in [1.54, 1.807) is 18.3 Å². The molecule has 0 aliphatic carbocycles. The van der Waals surface area contributed by atoms with E-state index in [1.165, 1.54) is 0 Å². The van der Waals surface area contributed by atoms with E-state index in [-0.39, 0.29) is 11.6 Å². The highest BCUT2D eigenvalue weighted by molar-refractivity contribution is 5.81. The molecule has 0 saturated heterocycles. The number of fused-ring (bicyclic) bond motifs is 1. The highest BCUT2D eigenvalue weighted by Crippen LogP contribution is 2.26. The van der Waals surface area contributed by atoms with Crippen molar-refractivity contribution in [2.45, 2.75) is 6.61 Å². The van der Waals surface area contributed by atoms with Gasteiger partial charge in [-0.15, -0.1) is 0 Å². The molecule has 0 atom stereocenters. The van der Waals surface area contributed by atoms with Gasteiger partial charge in [0.05, 0.1) is 0 Å². The van der Waals surface area contributed by atoms with Crippen molar-refractivity contribution in [3.63, 3.8) is 0 Å². The van der Waals surface area contributed by atoms with Crippen LogP contribution in [0.4, 0.5) is 4.39 Å². The predicted octanol–water partition coefficient (Wildman–Crippen LogP) is 3.89. The summed E-state index contributed by atoms with van der Waals surface area (Å²) in [5.74, 6) is -0.0318. The second-order valence-electron chi connectivity index (χ2n) is 4.09. The second kappa shape index (κ2) is 4.53. The minimum Gasteiger partial charge on any atom is -0.486 e. The van der Waals surface area contributed by atoms with Crippen molar-refractivity contribution >= 4 is 10.9 Å². The second-order valence-corrected chi connectivity index (χ2v) is 4.09. The van der Waals surface area contributed by atoms with Gasteiger partial charge in [0.1, 0.15) is 6.61 Å². The van der Waals surface area contributed by atoms with Gasteiger partial charge in [-0.2, -0.15) is 0 Å². The van der Waals surface area contributed by atoms with E-state index in [0.29, 0.717) is 12.0 Å². The highest BCUT2D eigenvalue weighted by atomic mass is 19.1. The zero-order valence-corrected chi connectivity index (χ0v) is 9.69. The molecule has 0 bridgehead atoms. The van der Waals surface area contributed by atoms with Crippen LogP contribution in [0.2, 0.25) is 0 Å². The van der Waals surface area contributed by atoms with Crippen LogP contribution in [0.1, 0.15) is 5.56 Å². The molecule has 0 saturated carbocycles. The first-order valence-corrected chi connectivity index (χ1v) is 5.77. The summed E-state index contributed by atoms with van der Waals surface area (Å²) < 4.78 is 19.6. The normalized spacial score (nSPS) is 10.7. The number of aromatic amines is 1. The molecule has 18 heavy (non-hydrogen) atoms. The number of hydrogen-bond acceptors (Lipinski definition) is 1. The maximum Gasteiger partial charge on any atom is 0.174 e. The Labute approximate surface area is 104 Å². The number of hydrogen-bond donors (Lipinski definition) is 1. The number of halogens is 1. The molecule has 2 nitrogen and oxygen atoms in total. The number of nitrogens with one attached hydrogen (secondary N) is 1. The van der Waals surface area contributed by atoms with Crippen LogP contribution in [0.3, 0.4) is 0 Å². The summed E-state index contributed by atoms with van der Waals surface area (Å²) in [4.78, 5) is 2.97. The minimum absolute atomic E-state index is 0.283. The van der Waals surface area contributed by atoms with Gasteiger partial charge in [-0.1, -0.05) is 30.3 Å². The molecule has 0 aliphatic heterocycles. The summed E-state index contributed by atoms with van der Waals surface area (Å²) in [7, 11) is 0. The lowest BCUT2D eigenvalue weighted by atomic mass is 10.2. The molecule has 0 unspecified atom stereocenters. The SMILES string of the molecule is Fc1c(OCc2ccccc2)ccc2[nH]ccc12. The van der Waals surface area contributed by atoms with Gasteiger partial charge in [0, 0.05) is 17.1 Å². The summed E-state index contributed by atoms with van der Waals surface area (Å²) in [5, 5.41) is 0.556. The van der Waals surface area contributed by atoms with Crippen LogP contribution < -0.4 is 4.74 Å². The van der Waals surface area contributed by atoms with Crippen LogP contribution in [0, 0.1) is 5.82 Å². The van der Waals surface area contributed by atoms with E-state index in [4.69, 9.17) is 4.74 Å². The van der Waals surface area contributed by atoms with Crippen LogP contribution in [0.15, 0.2) is 54.7 Å². The highest BCUT2D eigenvalue weighted by Gasteiger charge is 2.08. The van der Waals surface area contributed by atoms with Crippen molar-refractivity contribution in [1.82, 2.24) is 4.98 Å². The van der Waals surface area contributed by atoms with E-state index in [2.05, 4.69) is 4.98 Å². The summed E-state index contributed by atoms with van der Waals surface area (Å²) >= 11 is 0. The molecule has 3 heteroatoms. The van der Waals surface area contributed by atoms with E-state index in [9.17, 15) is 4.39 Å². The van der Waals surface area contributed by atoms with E-state index < -0.39 is 0 Å². The number of aromatic nitrogens is 1. The Morgan fingerprint density at radius 3 is 2.67 bits per heavy atom. The Hall–Kier alpha value is -2.29. The van der Waals surface area contributed by atoms with E-state index >= 15 is 0 Å². The fourth-order valence-electron chi connectivity index (χ4n) is 1.92. The third-order valence-electron chi connectivity index (χ3n) is 2.87. The number of ether oxygens (including phenoxy) is 1. The quantitative estimate of drug-likeness (QED) is 0.739. The maximum atomic E-state index is 14.1. The Morgan fingerprint density at radius 1 is 1.00 bits per heavy atom. The van der Waals surface area contributed by atoms with Crippen molar-refractivity contribution in [2.75, 3.05) is 0 Å². The van der Waals surface area contributed by atoms with Gasteiger partial charge in [0.2, 0.25) is 0 Å². The Morgan fingerprint density at radius 2 is 1.83 bits per heavy atom. The van der Waals surface area contributed by atoms with Crippen LogP contribution in [0.5, 0.6) is 5.75 Å². The van der Waals surface area contributed by atoms with Crippen molar-refractivity contribution in [3.8, 4) is 5.75 Å². The van der Waals surface area contributed by atoms with Crippen molar-refractivity contribution < 1.29 is 9.13 Å². The molecule has 3 rings (SSSR count). The molecular formula is C15H12FNO. The van der Waals surface area contributed by atoms with Gasteiger partial charge < -0.3 is 9.72 Å². The van der Waals surface area contributed by atoms with Crippen LogP contribution in [0.25, 0.3) is 10.9 Å². The fourth-order valence-corrected chi connectivity index (χ4v) is 1.92. The first-order chi connectivity index (χ1) is 8.84. The van der Waals surface area contributed by atoms with Crippen LogP contribution in [-0.2, 0) is 6.61 Å². The molecule has 1 aromatic heterocycles. The molecule has 1 heterocycles. The zero-order chi connectivity index (χ0) is 12.4. The molecule has 0 aliphatic rings. The lowest BCUT2D eigenvalue weighted by Gasteiger charge is -2.07. The third kappa shape index (κ3) is 1.95.